The number of hydrogen-bond donors (Lipinski definition) is 1. The number of rotatable bonds is 8. The Kier molecular flexibility index (Phi) is 9.14. The van der Waals surface area contributed by atoms with E-state index in [-0.39, 0.29) is 35.0 Å². The number of aliphatic carboxylic acids is 1. The van der Waals surface area contributed by atoms with Crippen LogP contribution in [0.4, 0.5) is 5.69 Å². The van der Waals surface area contributed by atoms with Gasteiger partial charge in [-0.05, 0) is 30.5 Å². The fourth-order valence-corrected chi connectivity index (χ4v) is 4.15. The molecule has 34 heavy (non-hydrogen) atoms. The fraction of sp³-hybridized carbons (Fsp3) is 0.222. The number of aliphatic imine (C=N–C) groups is 1. The van der Waals surface area contributed by atoms with Crippen LogP contribution in [0, 0.1) is 0 Å². The SMILES string of the molecule is O=C(O)CN=C(c1ccccc1)c1ccccc1[N-]C(=O)[C@H]1CCCN1Cc1ccccc1.[Ni+2]. The zero-order chi connectivity index (χ0) is 23.0. The van der Waals surface area contributed by atoms with Crippen molar-refractivity contribution in [3.05, 3.63) is 107 Å². The summed E-state index contributed by atoms with van der Waals surface area (Å²) in [5, 5.41) is 13.7. The molecule has 0 unspecified atom stereocenters. The van der Waals surface area contributed by atoms with Crippen LogP contribution in [0.5, 0.6) is 0 Å². The van der Waals surface area contributed by atoms with E-state index in [1.54, 1.807) is 6.07 Å². The number of likely N-dealkylation sites (tertiary alicyclic amines) is 1. The summed E-state index contributed by atoms with van der Waals surface area (Å²) >= 11 is 0. The molecular formula is C27H26N3NiO3+. The monoisotopic (exact) mass is 498 g/mol. The van der Waals surface area contributed by atoms with E-state index in [0.717, 1.165) is 24.9 Å². The third-order valence-electron chi connectivity index (χ3n) is 5.69. The molecule has 176 valence electrons. The molecular weight excluding hydrogens is 473 g/mol. The first-order valence-corrected chi connectivity index (χ1v) is 11.1. The number of carboxylic acid groups (broad SMARTS) is 1. The van der Waals surface area contributed by atoms with E-state index in [2.05, 4.69) is 27.3 Å². The maximum Gasteiger partial charge on any atom is 2.00 e. The van der Waals surface area contributed by atoms with Crippen LogP contribution in [-0.4, -0.2) is 46.7 Å². The molecule has 7 heteroatoms. The molecule has 0 radical (unpaired) electrons. The quantitative estimate of drug-likeness (QED) is 0.357. The topological polar surface area (TPSA) is 84.1 Å². The molecule has 1 fully saturated rings. The molecule has 6 nitrogen and oxygen atoms in total. The van der Waals surface area contributed by atoms with Crippen molar-refractivity contribution in [1.29, 1.82) is 0 Å². The molecule has 0 aromatic heterocycles. The summed E-state index contributed by atoms with van der Waals surface area (Å²) in [6, 6.07) is 26.5. The number of benzene rings is 3. The number of carbonyl (C=O) groups excluding carboxylic acids is 1. The number of carboxylic acids is 1. The Balaban J connectivity index is 0.00000324. The van der Waals surface area contributed by atoms with Crippen molar-refractivity contribution in [2.24, 2.45) is 4.99 Å². The summed E-state index contributed by atoms with van der Waals surface area (Å²) in [5.41, 5.74) is 3.61. The van der Waals surface area contributed by atoms with Crippen LogP contribution in [-0.2, 0) is 32.6 Å². The number of para-hydroxylation sites is 1. The third-order valence-corrected chi connectivity index (χ3v) is 5.69. The van der Waals surface area contributed by atoms with Crippen molar-refractivity contribution in [2.75, 3.05) is 13.1 Å². The predicted octanol–water partition coefficient (Wildman–Crippen LogP) is 4.80. The fourth-order valence-electron chi connectivity index (χ4n) is 4.15. The number of hydrogen-bond acceptors (Lipinski definition) is 4. The van der Waals surface area contributed by atoms with Gasteiger partial charge in [0.15, 0.2) is 0 Å². The molecule has 0 saturated carbocycles. The van der Waals surface area contributed by atoms with Gasteiger partial charge in [-0.3, -0.25) is 14.7 Å². The van der Waals surface area contributed by atoms with Gasteiger partial charge in [0.2, 0.25) is 0 Å². The molecule has 1 atom stereocenters. The Labute approximate surface area is 209 Å². The van der Waals surface area contributed by atoms with Gasteiger partial charge in [0, 0.05) is 12.1 Å². The van der Waals surface area contributed by atoms with Gasteiger partial charge in [-0.25, -0.2) is 0 Å². The molecule has 1 aliphatic rings. The van der Waals surface area contributed by atoms with Crippen molar-refractivity contribution in [2.45, 2.75) is 25.4 Å². The van der Waals surface area contributed by atoms with Crippen LogP contribution in [0.25, 0.3) is 5.32 Å². The largest absolute Gasteiger partial charge is 2.00 e. The van der Waals surface area contributed by atoms with Gasteiger partial charge < -0.3 is 15.2 Å². The Morgan fingerprint density at radius 3 is 2.29 bits per heavy atom. The summed E-state index contributed by atoms with van der Waals surface area (Å²) in [6.45, 7) is 1.21. The standard InChI is InChI=1S/C27H27N3O3.Ni/c31-25(32)18-28-26(21-12-5-2-6-13-21)22-14-7-8-15-23(22)29-27(33)24-16-9-17-30(24)19-20-10-3-1-4-11-20;/h1-8,10-15,24H,9,16-19H2,(H2,28,29,31,32,33);/q;+2/p-1/t24-;/m1./s1. The smallest absolute Gasteiger partial charge is 0.625 e. The first kappa shape index (κ1) is 25.3. The minimum atomic E-state index is -1.02. The molecule has 0 bridgehead atoms. The van der Waals surface area contributed by atoms with E-state index in [1.165, 1.54) is 5.56 Å². The first-order chi connectivity index (χ1) is 16.1. The van der Waals surface area contributed by atoms with Crippen LogP contribution in [0.1, 0.15) is 29.5 Å². The summed E-state index contributed by atoms with van der Waals surface area (Å²) in [6.07, 6.45) is 1.73. The average molecular weight is 499 g/mol. The van der Waals surface area contributed by atoms with E-state index < -0.39 is 5.97 Å². The Morgan fingerprint density at radius 1 is 0.941 bits per heavy atom. The normalized spacial score (nSPS) is 16.0. The number of nitrogens with zero attached hydrogens (tertiary/aromatic N) is 3. The Morgan fingerprint density at radius 2 is 1.59 bits per heavy atom. The molecule has 1 N–H and O–H groups in total. The molecule has 1 heterocycles. The van der Waals surface area contributed by atoms with Gasteiger partial charge >= 0.3 is 22.5 Å². The van der Waals surface area contributed by atoms with Crippen LogP contribution < -0.4 is 0 Å². The molecule has 1 amide bonds. The number of carbonyl (C=O) groups is 2. The number of amides is 1. The van der Waals surface area contributed by atoms with Crippen LogP contribution in [0.2, 0.25) is 0 Å². The third kappa shape index (κ3) is 6.40. The minimum Gasteiger partial charge on any atom is -0.625 e. The van der Waals surface area contributed by atoms with Gasteiger partial charge in [-0.2, -0.15) is 0 Å². The van der Waals surface area contributed by atoms with Crippen molar-refractivity contribution < 1.29 is 31.2 Å². The molecule has 4 rings (SSSR count). The summed E-state index contributed by atoms with van der Waals surface area (Å²) in [7, 11) is 0. The van der Waals surface area contributed by atoms with E-state index in [0.29, 0.717) is 23.5 Å². The van der Waals surface area contributed by atoms with Gasteiger partial charge in [0.1, 0.15) is 6.54 Å². The minimum absolute atomic E-state index is 0. The van der Waals surface area contributed by atoms with E-state index >= 15 is 0 Å². The summed E-state index contributed by atoms with van der Waals surface area (Å²) < 4.78 is 0. The van der Waals surface area contributed by atoms with Crippen molar-refractivity contribution in [1.82, 2.24) is 4.90 Å². The Hall–Kier alpha value is -3.28. The second-order valence-corrected chi connectivity index (χ2v) is 8.01. The van der Waals surface area contributed by atoms with Gasteiger partial charge in [-0.15, -0.1) is 5.69 Å². The zero-order valence-electron chi connectivity index (χ0n) is 18.6. The molecule has 1 saturated heterocycles. The van der Waals surface area contributed by atoms with Crippen LogP contribution in [0.3, 0.4) is 0 Å². The first-order valence-electron chi connectivity index (χ1n) is 11.1. The van der Waals surface area contributed by atoms with Gasteiger partial charge in [-0.1, -0.05) is 84.9 Å². The van der Waals surface area contributed by atoms with Crippen LogP contribution >= 0.6 is 0 Å². The summed E-state index contributed by atoms with van der Waals surface area (Å²) in [5.74, 6) is -1.20. The van der Waals surface area contributed by atoms with E-state index in [9.17, 15) is 14.7 Å². The summed E-state index contributed by atoms with van der Waals surface area (Å²) in [4.78, 5) is 31.0. The van der Waals surface area contributed by atoms with Crippen molar-refractivity contribution >= 4 is 23.3 Å². The molecule has 3 aromatic carbocycles. The Bertz CT molecular complexity index is 1140. The molecule has 0 aliphatic carbocycles. The zero-order valence-corrected chi connectivity index (χ0v) is 19.6. The van der Waals surface area contributed by atoms with Crippen molar-refractivity contribution in [3.63, 3.8) is 0 Å². The maximum absolute atomic E-state index is 13.3. The second-order valence-electron chi connectivity index (χ2n) is 8.01. The van der Waals surface area contributed by atoms with Crippen molar-refractivity contribution in [3.8, 4) is 0 Å². The average Bonchev–Trinajstić information content (AvgIpc) is 3.29. The van der Waals surface area contributed by atoms with Crippen LogP contribution in [0.15, 0.2) is 89.9 Å². The molecule has 1 aliphatic heterocycles. The van der Waals surface area contributed by atoms with Gasteiger partial charge in [0.25, 0.3) is 0 Å². The molecule has 0 spiro atoms. The maximum atomic E-state index is 13.3. The van der Waals surface area contributed by atoms with Gasteiger partial charge in [0.05, 0.1) is 17.7 Å². The predicted molar refractivity (Wildman–Crippen MR) is 129 cm³/mol. The second kappa shape index (κ2) is 12.3. The van der Waals surface area contributed by atoms with E-state index in [1.807, 2.05) is 66.7 Å². The molecule has 3 aromatic rings. The van der Waals surface area contributed by atoms with E-state index in [4.69, 9.17) is 0 Å².